The highest BCUT2D eigenvalue weighted by Crippen LogP contribution is 2.38. The molecule has 0 N–H and O–H groups in total. The number of nitriles is 1. The minimum atomic E-state index is -3.18. The van der Waals surface area contributed by atoms with E-state index < -0.39 is 15.9 Å². The lowest BCUT2D eigenvalue weighted by Crippen LogP contribution is -2.39. The van der Waals surface area contributed by atoms with Gasteiger partial charge in [-0.05, 0) is 44.2 Å². The van der Waals surface area contributed by atoms with Gasteiger partial charge in [-0.1, -0.05) is 50.2 Å². The molecule has 11 heteroatoms. The SMILES string of the molecule is CCCCn1c(N2CCCCCC2)c(/C=C2/SC(=S)N(C3CCS(=O)(=O)C3)C2=O)c(C)c(C#N)c1=O. The summed E-state index contributed by atoms with van der Waals surface area (Å²) < 4.78 is 26.1. The van der Waals surface area contributed by atoms with Crippen molar-refractivity contribution in [1.29, 1.82) is 5.26 Å². The van der Waals surface area contributed by atoms with E-state index in [1.807, 2.05) is 0 Å². The molecule has 0 saturated carbocycles. The molecule has 3 aliphatic heterocycles. The molecule has 36 heavy (non-hydrogen) atoms. The Morgan fingerprint density at radius 1 is 1.19 bits per heavy atom. The van der Waals surface area contributed by atoms with Crippen LogP contribution in [-0.2, 0) is 21.2 Å². The molecule has 4 rings (SSSR count). The molecule has 0 aromatic carbocycles. The Kier molecular flexibility index (Phi) is 8.27. The van der Waals surface area contributed by atoms with Crippen LogP contribution in [0.1, 0.15) is 68.6 Å². The Morgan fingerprint density at radius 2 is 1.89 bits per heavy atom. The van der Waals surface area contributed by atoms with Crippen molar-refractivity contribution in [3.05, 3.63) is 31.9 Å². The fourth-order valence-corrected chi connectivity index (χ4v) is 8.28. The molecular weight excluding hydrogens is 517 g/mol. The molecule has 1 aromatic rings. The molecule has 0 bridgehead atoms. The van der Waals surface area contributed by atoms with Crippen LogP contribution in [0.2, 0.25) is 0 Å². The van der Waals surface area contributed by atoms with Gasteiger partial charge in [0.1, 0.15) is 21.8 Å². The average molecular weight is 549 g/mol. The van der Waals surface area contributed by atoms with Crippen LogP contribution in [0, 0.1) is 18.3 Å². The van der Waals surface area contributed by atoms with Crippen molar-refractivity contribution in [3.8, 4) is 6.07 Å². The average Bonchev–Trinajstić information content (AvgIpc) is 3.18. The fourth-order valence-electron chi connectivity index (χ4n) is 5.20. The summed E-state index contributed by atoms with van der Waals surface area (Å²) in [6.07, 6.45) is 8.12. The number of nitrogens with zero attached hydrogens (tertiary/aromatic N) is 4. The number of hydrogen-bond acceptors (Lipinski definition) is 8. The first-order valence-corrected chi connectivity index (χ1v) is 15.6. The highest BCUT2D eigenvalue weighted by molar-refractivity contribution is 8.26. The topological polar surface area (TPSA) is 103 Å². The maximum Gasteiger partial charge on any atom is 0.270 e. The number of hydrogen-bond donors (Lipinski definition) is 0. The smallest absolute Gasteiger partial charge is 0.270 e. The highest BCUT2D eigenvalue weighted by atomic mass is 32.2. The van der Waals surface area contributed by atoms with Crippen LogP contribution < -0.4 is 10.5 Å². The number of pyridine rings is 1. The lowest BCUT2D eigenvalue weighted by atomic mass is 10.0. The standard InChI is InChI=1S/C25H32N4O4S3/c1-3-4-12-28-22(27-10-7-5-6-8-11-27)19(17(2)20(15-26)23(28)30)14-21-24(31)29(25(34)35-21)18-9-13-36(32,33)16-18/h14,18H,3-13,16H2,1-2H3/b21-14+. The molecule has 1 unspecified atom stereocenters. The first-order chi connectivity index (χ1) is 17.2. The number of carbonyl (C=O) groups is 1. The van der Waals surface area contributed by atoms with Gasteiger partial charge >= 0.3 is 0 Å². The summed E-state index contributed by atoms with van der Waals surface area (Å²) in [7, 11) is -3.18. The van der Waals surface area contributed by atoms with Crippen LogP contribution in [0.5, 0.6) is 0 Å². The minimum Gasteiger partial charge on any atom is -0.357 e. The summed E-state index contributed by atoms with van der Waals surface area (Å²) in [4.78, 5) is 30.9. The van der Waals surface area contributed by atoms with E-state index >= 15 is 0 Å². The summed E-state index contributed by atoms with van der Waals surface area (Å²) in [5.41, 5.74) is 1.06. The van der Waals surface area contributed by atoms with Gasteiger partial charge in [0.05, 0.1) is 22.5 Å². The van der Waals surface area contributed by atoms with Gasteiger partial charge in [-0.25, -0.2) is 8.42 Å². The minimum absolute atomic E-state index is 0.0555. The second kappa shape index (κ2) is 11.1. The van der Waals surface area contributed by atoms with Gasteiger partial charge in [-0.15, -0.1) is 0 Å². The van der Waals surface area contributed by atoms with Crippen molar-refractivity contribution in [3.63, 3.8) is 0 Å². The van der Waals surface area contributed by atoms with Crippen molar-refractivity contribution in [2.24, 2.45) is 0 Å². The predicted molar refractivity (Wildman–Crippen MR) is 148 cm³/mol. The molecule has 0 radical (unpaired) electrons. The number of thiocarbonyl (C=S) groups is 1. The molecule has 1 atom stereocenters. The monoisotopic (exact) mass is 548 g/mol. The number of unbranched alkanes of at least 4 members (excludes halogenated alkanes) is 1. The first-order valence-electron chi connectivity index (χ1n) is 12.6. The number of sulfone groups is 1. The van der Waals surface area contributed by atoms with Crippen LogP contribution >= 0.6 is 24.0 Å². The number of rotatable bonds is 6. The number of carbonyl (C=O) groups excluding carboxylic acids is 1. The number of aromatic nitrogens is 1. The van der Waals surface area contributed by atoms with Crippen molar-refractivity contribution in [2.45, 2.75) is 71.4 Å². The number of thioether (sulfide) groups is 1. The van der Waals surface area contributed by atoms with E-state index in [9.17, 15) is 23.3 Å². The van der Waals surface area contributed by atoms with Crippen molar-refractivity contribution < 1.29 is 13.2 Å². The van der Waals surface area contributed by atoms with Crippen molar-refractivity contribution in [1.82, 2.24) is 9.47 Å². The van der Waals surface area contributed by atoms with Gasteiger partial charge in [0.15, 0.2) is 9.84 Å². The summed E-state index contributed by atoms with van der Waals surface area (Å²) in [5.74, 6) is 0.434. The molecule has 3 saturated heterocycles. The zero-order valence-corrected chi connectivity index (χ0v) is 23.2. The first kappa shape index (κ1) is 26.9. The Morgan fingerprint density at radius 3 is 2.47 bits per heavy atom. The molecule has 0 spiro atoms. The molecule has 4 heterocycles. The third kappa shape index (κ3) is 5.27. The Balaban J connectivity index is 1.85. The summed E-state index contributed by atoms with van der Waals surface area (Å²) in [5, 5.41) is 9.85. The molecule has 3 fully saturated rings. The van der Waals surface area contributed by atoms with Crippen LogP contribution in [0.4, 0.5) is 5.82 Å². The van der Waals surface area contributed by atoms with Gasteiger partial charge in [0.25, 0.3) is 11.5 Å². The van der Waals surface area contributed by atoms with Gasteiger partial charge in [0, 0.05) is 25.2 Å². The van der Waals surface area contributed by atoms with Crippen molar-refractivity contribution in [2.75, 3.05) is 29.5 Å². The lowest BCUT2D eigenvalue weighted by molar-refractivity contribution is -0.123. The zero-order valence-electron chi connectivity index (χ0n) is 20.8. The Hall–Kier alpha value is -2.16. The van der Waals surface area contributed by atoms with E-state index in [0.29, 0.717) is 33.3 Å². The van der Waals surface area contributed by atoms with Crippen LogP contribution in [0.25, 0.3) is 6.08 Å². The molecule has 0 aliphatic carbocycles. The van der Waals surface area contributed by atoms with Crippen LogP contribution in [-0.4, -0.2) is 58.7 Å². The van der Waals surface area contributed by atoms with E-state index in [-0.39, 0.29) is 28.5 Å². The molecule has 1 aromatic heterocycles. The maximum atomic E-state index is 13.5. The summed E-state index contributed by atoms with van der Waals surface area (Å²) in [6.45, 7) is 5.93. The molecule has 1 amide bonds. The Labute approximate surface area is 222 Å². The quantitative estimate of drug-likeness (QED) is 0.392. The molecule has 194 valence electrons. The normalized spacial score (nSPS) is 23.4. The second-order valence-corrected chi connectivity index (χ2v) is 13.6. The van der Waals surface area contributed by atoms with Crippen LogP contribution in [0.15, 0.2) is 9.70 Å². The summed E-state index contributed by atoms with van der Waals surface area (Å²) in [6, 6.07) is 1.64. The number of anilines is 1. The van der Waals surface area contributed by atoms with Gasteiger partial charge < -0.3 is 4.90 Å². The van der Waals surface area contributed by atoms with E-state index in [4.69, 9.17) is 12.2 Å². The predicted octanol–water partition coefficient (Wildman–Crippen LogP) is 3.60. The van der Waals surface area contributed by atoms with E-state index in [2.05, 4.69) is 17.9 Å². The summed E-state index contributed by atoms with van der Waals surface area (Å²) >= 11 is 6.66. The third-order valence-corrected chi connectivity index (χ3v) is 10.2. The van der Waals surface area contributed by atoms with Crippen molar-refractivity contribution >= 4 is 55.9 Å². The van der Waals surface area contributed by atoms with Gasteiger partial charge in [-0.2, -0.15) is 5.26 Å². The zero-order chi connectivity index (χ0) is 26.0. The maximum absolute atomic E-state index is 13.5. The Bertz CT molecular complexity index is 1300. The van der Waals surface area contributed by atoms with Gasteiger partial charge in [0.2, 0.25) is 0 Å². The second-order valence-electron chi connectivity index (χ2n) is 9.67. The molecule has 3 aliphatic rings. The third-order valence-electron chi connectivity index (χ3n) is 7.16. The lowest BCUT2D eigenvalue weighted by Gasteiger charge is -2.29. The molecular formula is C25H32N4O4S3. The van der Waals surface area contributed by atoms with Crippen LogP contribution in [0.3, 0.4) is 0 Å². The highest BCUT2D eigenvalue weighted by Gasteiger charge is 2.42. The van der Waals surface area contributed by atoms with E-state index in [1.54, 1.807) is 17.6 Å². The van der Waals surface area contributed by atoms with E-state index in [0.717, 1.165) is 69.2 Å². The number of amides is 1. The van der Waals surface area contributed by atoms with Gasteiger partial charge in [-0.3, -0.25) is 19.1 Å². The van der Waals surface area contributed by atoms with E-state index in [1.165, 1.54) is 4.90 Å². The fraction of sp³-hybridized carbons (Fsp3) is 0.600. The molecule has 8 nitrogen and oxygen atoms in total. The largest absolute Gasteiger partial charge is 0.357 e.